The molecule has 2 aromatic heterocycles. The van der Waals surface area contributed by atoms with Crippen LogP contribution in [0.4, 0.5) is 18.0 Å². The molecule has 3 N–H and O–H groups in total. The van der Waals surface area contributed by atoms with Gasteiger partial charge in [-0.15, -0.1) is 0 Å². The summed E-state index contributed by atoms with van der Waals surface area (Å²) in [6, 6.07) is 8.74. The molecule has 0 spiro atoms. The number of carbonyl (C=O) groups is 1. The fraction of sp³-hybridized carbons (Fsp3) is 0.423. The van der Waals surface area contributed by atoms with E-state index in [4.69, 9.17) is 0 Å². The first kappa shape index (κ1) is 31.0. The van der Waals surface area contributed by atoms with Crippen molar-refractivity contribution in [3.63, 3.8) is 0 Å². The highest BCUT2D eigenvalue weighted by Gasteiger charge is 2.39. The third-order valence-corrected chi connectivity index (χ3v) is 7.80. The number of rotatable bonds is 10. The minimum absolute atomic E-state index is 0.0627. The van der Waals surface area contributed by atoms with E-state index in [1.807, 2.05) is 20.8 Å². The molecule has 0 aliphatic heterocycles. The molecule has 0 aliphatic carbocycles. The lowest BCUT2D eigenvalue weighted by Gasteiger charge is -2.43. The first-order valence-corrected chi connectivity index (χ1v) is 13.8. The summed E-state index contributed by atoms with van der Waals surface area (Å²) in [4.78, 5) is 17.3. The maximum atomic E-state index is 12.9. The van der Waals surface area contributed by atoms with Crippen LogP contribution in [0.1, 0.15) is 33.3 Å². The van der Waals surface area contributed by atoms with Crippen molar-refractivity contribution in [1.29, 1.82) is 0 Å². The van der Waals surface area contributed by atoms with Crippen LogP contribution in [0.25, 0.3) is 11.3 Å². The van der Waals surface area contributed by atoms with E-state index < -0.39 is 58.0 Å². The smallest absolute Gasteiger partial charge is 0.416 e. The third-order valence-electron chi connectivity index (χ3n) is 6.46. The van der Waals surface area contributed by atoms with Gasteiger partial charge in [-0.25, -0.2) is 22.9 Å². The molecule has 0 fully saturated rings. The Labute approximate surface area is 230 Å². The second-order valence-corrected chi connectivity index (χ2v) is 12.1. The van der Waals surface area contributed by atoms with Crippen LogP contribution in [0.3, 0.4) is 0 Å². The van der Waals surface area contributed by atoms with Crippen LogP contribution in [-0.4, -0.2) is 69.1 Å². The number of nitrogens with zero attached hydrogens (tertiary/aromatic N) is 4. The molecule has 0 bridgehead atoms. The van der Waals surface area contributed by atoms with E-state index in [9.17, 15) is 36.6 Å². The van der Waals surface area contributed by atoms with Crippen molar-refractivity contribution < 1.29 is 36.6 Å². The van der Waals surface area contributed by atoms with Crippen molar-refractivity contribution in [2.45, 2.75) is 63.6 Å². The largest absolute Gasteiger partial charge is 0.465 e. The number of hydrogen-bond donors (Lipinski definition) is 3. The van der Waals surface area contributed by atoms with Crippen molar-refractivity contribution in [3.05, 3.63) is 66.5 Å². The maximum Gasteiger partial charge on any atom is 0.416 e. The number of halogens is 3. The Morgan fingerprint density at radius 3 is 2.27 bits per heavy atom. The van der Waals surface area contributed by atoms with E-state index in [1.54, 1.807) is 18.3 Å². The first-order valence-electron chi connectivity index (χ1n) is 12.3. The van der Waals surface area contributed by atoms with Gasteiger partial charge in [0.2, 0.25) is 0 Å². The van der Waals surface area contributed by atoms with Crippen molar-refractivity contribution in [2.24, 2.45) is 5.41 Å². The zero-order valence-electron chi connectivity index (χ0n) is 22.4. The molecule has 1 amide bonds. The van der Waals surface area contributed by atoms with Crippen molar-refractivity contribution in [1.82, 2.24) is 24.4 Å². The van der Waals surface area contributed by atoms with Gasteiger partial charge < -0.3 is 10.2 Å². The van der Waals surface area contributed by atoms with E-state index in [2.05, 4.69) is 14.8 Å². The Balaban J connectivity index is 1.79. The molecule has 3 aromatic rings. The van der Waals surface area contributed by atoms with Crippen LogP contribution in [0.5, 0.6) is 0 Å². The minimum atomic E-state index is -4.46. The molecule has 218 valence electrons. The lowest BCUT2D eigenvalue weighted by molar-refractivity contribution is -0.137. The quantitative estimate of drug-likeness (QED) is 0.327. The Kier molecular flexibility index (Phi) is 9.27. The highest BCUT2D eigenvalue weighted by Crippen LogP contribution is 2.31. The molecule has 10 nitrogen and oxygen atoms in total. The second kappa shape index (κ2) is 11.9. The van der Waals surface area contributed by atoms with Gasteiger partial charge in [-0.05, 0) is 42.7 Å². The average Bonchev–Trinajstić information content (AvgIpc) is 3.35. The van der Waals surface area contributed by atoms with Gasteiger partial charge in [0.15, 0.2) is 5.03 Å². The lowest BCUT2D eigenvalue weighted by Crippen LogP contribution is -2.57. The molecule has 0 radical (unpaired) electrons. The molecule has 2 heterocycles. The number of benzene rings is 1. The van der Waals surface area contributed by atoms with Gasteiger partial charge in [-0.1, -0.05) is 39.0 Å². The molecule has 1 aromatic carbocycles. The van der Waals surface area contributed by atoms with E-state index in [1.165, 1.54) is 42.1 Å². The number of nitrogens with one attached hydrogen (secondary N) is 1. The average molecular weight is 584 g/mol. The van der Waals surface area contributed by atoms with Gasteiger partial charge in [0.1, 0.15) is 0 Å². The summed E-state index contributed by atoms with van der Waals surface area (Å²) in [5, 5.41) is 25.1. The summed E-state index contributed by atoms with van der Waals surface area (Å²) in [5.41, 5.74) is -0.575. The number of amides is 1. The SMILES string of the molecule is C[C@@H]([C@@H](O)CNS(=O)(=O)c1ccccn1)N(C(=O)O)[C@H](Cn1ccc(-c2ccc(C(F)(F)F)cc2)n1)C(C)(C)C. The van der Waals surface area contributed by atoms with Crippen molar-refractivity contribution >= 4 is 16.1 Å². The minimum Gasteiger partial charge on any atom is -0.465 e. The van der Waals surface area contributed by atoms with Gasteiger partial charge in [0.05, 0.1) is 36.0 Å². The van der Waals surface area contributed by atoms with Crippen LogP contribution in [0.2, 0.25) is 0 Å². The summed E-state index contributed by atoms with van der Waals surface area (Å²) < 4.78 is 67.5. The number of aliphatic hydroxyl groups is 1. The predicted molar refractivity (Wildman–Crippen MR) is 141 cm³/mol. The molecule has 3 atom stereocenters. The van der Waals surface area contributed by atoms with Gasteiger partial charge in [-0.3, -0.25) is 9.58 Å². The Morgan fingerprint density at radius 1 is 1.10 bits per heavy atom. The Morgan fingerprint density at radius 2 is 1.75 bits per heavy atom. The highest BCUT2D eigenvalue weighted by atomic mass is 32.2. The van der Waals surface area contributed by atoms with Crippen LogP contribution in [-0.2, 0) is 22.7 Å². The molecular formula is C26H32F3N5O5S. The summed E-state index contributed by atoms with van der Waals surface area (Å²) in [5.74, 6) is 0. The van der Waals surface area contributed by atoms with Crippen LogP contribution < -0.4 is 4.72 Å². The summed E-state index contributed by atoms with van der Waals surface area (Å²) >= 11 is 0. The molecule has 3 rings (SSSR count). The van der Waals surface area contributed by atoms with E-state index in [-0.39, 0.29) is 11.6 Å². The van der Waals surface area contributed by atoms with Crippen LogP contribution >= 0.6 is 0 Å². The number of carboxylic acid groups (broad SMARTS) is 1. The van der Waals surface area contributed by atoms with E-state index in [0.29, 0.717) is 11.3 Å². The molecule has 0 saturated heterocycles. The number of alkyl halides is 3. The Hall–Kier alpha value is -3.49. The van der Waals surface area contributed by atoms with Gasteiger partial charge in [0, 0.05) is 24.5 Å². The van der Waals surface area contributed by atoms with Crippen molar-refractivity contribution in [2.75, 3.05) is 6.54 Å². The monoisotopic (exact) mass is 583 g/mol. The van der Waals surface area contributed by atoms with Crippen LogP contribution in [0, 0.1) is 5.41 Å². The zero-order chi connectivity index (χ0) is 29.9. The van der Waals surface area contributed by atoms with Gasteiger partial charge in [0.25, 0.3) is 10.0 Å². The Bertz CT molecular complexity index is 1390. The van der Waals surface area contributed by atoms with Gasteiger partial charge in [-0.2, -0.15) is 18.3 Å². The molecule has 0 unspecified atom stereocenters. The molecular weight excluding hydrogens is 551 g/mol. The number of sulfonamides is 1. The molecule has 0 saturated carbocycles. The standard InChI is InChI=1S/C26H32F3N5O5S/c1-17(21(35)15-31-40(38,39)23-7-5-6-13-30-23)34(24(36)37)22(25(2,3)4)16-33-14-12-20(32-33)18-8-10-19(11-9-18)26(27,28)29/h5-14,17,21-22,31,35H,15-16H2,1-4H3,(H,36,37)/t17-,21-,22+/m0/s1. The summed E-state index contributed by atoms with van der Waals surface area (Å²) in [6.07, 6.45) is -4.29. The molecule has 0 aliphatic rings. The number of aromatic nitrogens is 3. The number of hydrogen-bond acceptors (Lipinski definition) is 6. The second-order valence-electron chi connectivity index (χ2n) is 10.4. The first-order chi connectivity index (χ1) is 18.5. The summed E-state index contributed by atoms with van der Waals surface area (Å²) in [7, 11) is -4.03. The van der Waals surface area contributed by atoms with Gasteiger partial charge >= 0.3 is 12.3 Å². The maximum absolute atomic E-state index is 12.9. The fourth-order valence-corrected chi connectivity index (χ4v) is 5.12. The zero-order valence-corrected chi connectivity index (χ0v) is 23.2. The lowest BCUT2D eigenvalue weighted by atomic mass is 9.84. The van der Waals surface area contributed by atoms with Crippen molar-refractivity contribution in [3.8, 4) is 11.3 Å². The highest BCUT2D eigenvalue weighted by molar-refractivity contribution is 7.89. The van der Waals surface area contributed by atoms with E-state index in [0.717, 1.165) is 17.0 Å². The number of pyridine rings is 1. The number of aliphatic hydroxyl groups excluding tert-OH is 1. The summed E-state index contributed by atoms with van der Waals surface area (Å²) in [6.45, 7) is 6.53. The predicted octanol–water partition coefficient (Wildman–Crippen LogP) is 4.09. The molecule has 40 heavy (non-hydrogen) atoms. The van der Waals surface area contributed by atoms with E-state index >= 15 is 0 Å². The fourth-order valence-electron chi connectivity index (χ4n) is 4.13. The topological polar surface area (TPSA) is 138 Å². The van der Waals surface area contributed by atoms with Crippen LogP contribution in [0.15, 0.2) is 66.0 Å². The molecule has 14 heteroatoms. The normalized spacial score (nSPS) is 14.9. The third kappa shape index (κ3) is 7.58.